The van der Waals surface area contributed by atoms with Crippen LogP contribution in [0.15, 0.2) is 0 Å². The van der Waals surface area contributed by atoms with Gasteiger partial charge in [-0.05, 0) is 11.7 Å². The van der Waals surface area contributed by atoms with Gasteiger partial charge in [0.25, 0.3) is 0 Å². The molecule has 2 saturated heterocycles. The van der Waals surface area contributed by atoms with Gasteiger partial charge in [-0.1, -0.05) is 11.7 Å². The Morgan fingerprint density at radius 3 is 2.90 bits per heavy atom. The molecule has 0 spiro atoms. The molecular weight excluding hydrogens is 143 g/mol. The predicted octanol–water partition coefficient (Wildman–Crippen LogP) is 1.19. The lowest BCUT2D eigenvalue weighted by Crippen LogP contribution is -2.24. The first-order valence-electron chi connectivity index (χ1n) is 4.18. The molecule has 0 aromatic heterocycles. The number of rotatable bonds is 2. The van der Waals surface area contributed by atoms with Crippen molar-refractivity contribution in [2.45, 2.75) is 29.5 Å². The molecule has 0 radical (unpaired) electrons. The van der Waals surface area contributed by atoms with Crippen molar-refractivity contribution in [3.05, 3.63) is 0 Å². The van der Waals surface area contributed by atoms with E-state index in [1.54, 1.807) is 0 Å². The van der Waals surface area contributed by atoms with Crippen molar-refractivity contribution < 1.29 is 8.53 Å². The van der Waals surface area contributed by atoms with Crippen molar-refractivity contribution in [3.63, 3.8) is 0 Å². The molecule has 0 aliphatic carbocycles. The lowest BCUT2D eigenvalue weighted by Gasteiger charge is -2.16. The summed E-state index contributed by atoms with van der Waals surface area (Å²) in [7, 11) is 0. The Balaban J connectivity index is 1.69. The van der Waals surface area contributed by atoms with E-state index in [1.165, 1.54) is 23.4 Å². The molecule has 2 fully saturated rings. The van der Waals surface area contributed by atoms with E-state index in [2.05, 4.69) is 0 Å². The normalized spacial score (nSPS) is 32.4. The first-order valence-corrected chi connectivity index (χ1v) is 6.29. The van der Waals surface area contributed by atoms with Crippen molar-refractivity contribution in [1.29, 1.82) is 0 Å². The van der Waals surface area contributed by atoms with Crippen molar-refractivity contribution in [1.82, 2.24) is 0 Å². The van der Waals surface area contributed by atoms with Gasteiger partial charge in [0.05, 0.1) is 12.7 Å². The molecule has 0 bridgehead atoms. The molecule has 0 amide bonds. The summed E-state index contributed by atoms with van der Waals surface area (Å²) in [5, 5.41) is 2.67. The van der Waals surface area contributed by atoms with Gasteiger partial charge < -0.3 is 8.53 Å². The SMILES string of the molecule is C1C[CH2][Al]([CH2]C2CO2)[O]C1. The third kappa shape index (κ3) is 1.97. The number of ether oxygens (including phenoxy) is 1. The summed E-state index contributed by atoms with van der Waals surface area (Å²) in [6, 6.07) is 0. The van der Waals surface area contributed by atoms with Crippen LogP contribution in [0.3, 0.4) is 0 Å². The third-order valence-electron chi connectivity index (χ3n) is 2.20. The lowest BCUT2D eigenvalue weighted by molar-refractivity contribution is 0.282. The smallest absolute Gasteiger partial charge is 0.463 e. The number of hydrogen-bond acceptors (Lipinski definition) is 2. The Morgan fingerprint density at radius 1 is 1.40 bits per heavy atom. The standard InChI is InChI=1S/C4H8O.C3H5O.Al/c1-2-3-4-5;1-3-2-4-3;/h1-4H2;3H,1-2H2;/q-1;;+1. The second-order valence-corrected chi connectivity index (χ2v) is 5.81. The van der Waals surface area contributed by atoms with Crippen molar-refractivity contribution in [3.8, 4) is 0 Å². The van der Waals surface area contributed by atoms with Gasteiger partial charge in [-0.25, -0.2) is 0 Å². The maximum Gasteiger partial charge on any atom is 0.463 e. The molecule has 2 aliphatic heterocycles. The second kappa shape index (κ2) is 3.23. The van der Waals surface area contributed by atoms with E-state index in [-0.39, 0.29) is 0 Å². The van der Waals surface area contributed by atoms with Crippen molar-refractivity contribution in [2.75, 3.05) is 13.2 Å². The van der Waals surface area contributed by atoms with Gasteiger partial charge in [0.15, 0.2) is 0 Å². The van der Waals surface area contributed by atoms with Crippen LogP contribution in [0.5, 0.6) is 0 Å². The van der Waals surface area contributed by atoms with Gasteiger partial charge in [0.1, 0.15) is 0 Å². The molecule has 2 nitrogen and oxygen atoms in total. The van der Waals surface area contributed by atoms with Gasteiger partial charge >= 0.3 is 14.5 Å². The maximum atomic E-state index is 5.69. The van der Waals surface area contributed by atoms with E-state index in [4.69, 9.17) is 8.53 Å². The van der Waals surface area contributed by atoms with Crippen LogP contribution in [0.2, 0.25) is 10.6 Å². The topological polar surface area (TPSA) is 21.8 Å². The van der Waals surface area contributed by atoms with Gasteiger partial charge in [-0.3, -0.25) is 0 Å². The average molecular weight is 156 g/mol. The summed E-state index contributed by atoms with van der Waals surface area (Å²) in [6.07, 6.45) is 3.30. The first-order chi connectivity index (χ1) is 4.95. The lowest BCUT2D eigenvalue weighted by atomic mass is 10.4. The maximum absolute atomic E-state index is 5.69. The van der Waals surface area contributed by atoms with Gasteiger partial charge in [0.2, 0.25) is 0 Å². The third-order valence-corrected chi connectivity index (χ3v) is 5.01. The molecule has 0 aromatic carbocycles. The minimum Gasteiger partial charge on any atom is -0.501 e. The zero-order valence-electron chi connectivity index (χ0n) is 6.21. The minimum atomic E-state index is -0.747. The summed E-state index contributed by atoms with van der Waals surface area (Å²) < 4.78 is 10.9. The Kier molecular flexibility index (Phi) is 2.30. The molecule has 0 saturated carbocycles. The Bertz CT molecular complexity index is 108. The van der Waals surface area contributed by atoms with Crippen LogP contribution in [0.4, 0.5) is 0 Å². The Hall–Kier alpha value is 0.452. The zero-order valence-corrected chi connectivity index (χ0v) is 7.37. The van der Waals surface area contributed by atoms with E-state index < -0.39 is 14.5 Å². The Morgan fingerprint density at radius 2 is 2.30 bits per heavy atom. The van der Waals surface area contributed by atoms with Crippen LogP contribution in [-0.4, -0.2) is 33.8 Å². The van der Waals surface area contributed by atoms with Gasteiger partial charge in [-0.2, -0.15) is 0 Å². The second-order valence-electron chi connectivity index (χ2n) is 3.18. The molecule has 10 heavy (non-hydrogen) atoms. The summed E-state index contributed by atoms with van der Waals surface area (Å²) in [4.78, 5) is 0. The van der Waals surface area contributed by atoms with Gasteiger partial charge in [-0.15, -0.1) is 0 Å². The van der Waals surface area contributed by atoms with E-state index in [9.17, 15) is 0 Å². The molecular formula is C7H13AlO2. The molecule has 2 aliphatic rings. The minimum absolute atomic E-state index is 0.606. The molecule has 3 heteroatoms. The molecule has 56 valence electrons. The van der Waals surface area contributed by atoms with Crippen LogP contribution >= 0.6 is 0 Å². The van der Waals surface area contributed by atoms with Crippen LogP contribution in [-0.2, 0) is 8.53 Å². The van der Waals surface area contributed by atoms with E-state index >= 15 is 0 Å². The highest BCUT2D eigenvalue weighted by atomic mass is 27.2. The predicted molar refractivity (Wildman–Crippen MR) is 40.3 cm³/mol. The summed E-state index contributed by atoms with van der Waals surface area (Å²) in [5.74, 6) is 0. The fourth-order valence-electron chi connectivity index (χ4n) is 1.49. The van der Waals surface area contributed by atoms with Crippen LogP contribution < -0.4 is 0 Å². The number of hydrogen-bond donors (Lipinski definition) is 0. The molecule has 1 atom stereocenters. The molecule has 2 rings (SSSR count). The fraction of sp³-hybridized carbons (Fsp3) is 1.00. The van der Waals surface area contributed by atoms with Crippen molar-refractivity contribution >= 4 is 14.5 Å². The van der Waals surface area contributed by atoms with Gasteiger partial charge in [0, 0.05) is 6.61 Å². The Labute approximate surface area is 66.2 Å². The molecule has 0 N–H and O–H groups in total. The molecule has 1 unspecified atom stereocenters. The number of epoxide rings is 1. The quantitative estimate of drug-likeness (QED) is 0.442. The molecule has 2 heterocycles. The summed E-state index contributed by atoms with van der Waals surface area (Å²) >= 11 is -0.747. The van der Waals surface area contributed by atoms with E-state index in [0.29, 0.717) is 6.10 Å². The zero-order chi connectivity index (χ0) is 6.81. The van der Waals surface area contributed by atoms with Crippen LogP contribution in [0.1, 0.15) is 12.8 Å². The average Bonchev–Trinajstić information content (AvgIpc) is 2.74. The van der Waals surface area contributed by atoms with Crippen molar-refractivity contribution in [2.24, 2.45) is 0 Å². The highest BCUT2D eigenvalue weighted by Gasteiger charge is 2.33. The molecule has 0 aromatic rings. The highest BCUT2D eigenvalue weighted by molar-refractivity contribution is 6.52. The monoisotopic (exact) mass is 156 g/mol. The van der Waals surface area contributed by atoms with Crippen LogP contribution in [0, 0.1) is 0 Å². The van der Waals surface area contributed by atoms with Crippen LogP contribution in [0.25, 0.3) is 0 Å². The largest absolute Gasteiger partial charge is 0.501 e. The summed E-state index contributed by atoms with van der Waals surface area (Å²) in [5.41, 5.74) is 0. The summed E-state index contributed by atoms with van der Waals surface area (Å²) in [6.45, 7) is 2.04. The highest BCUT2D eigenvalue weighted by Crippen LogP contribution is 2.22. The van der Waals surface area contributed by atoms with E-state index in [1.807, 2.05) is 0 Å². The first kappa shape index (κ1) is 7.12. The fourth-order valence-corrected chi connectivity index (χ4v) is 4.13. The van der Waals surface area contributed by atoms with E-state index in [0.717, 1.165) is 13.2 Å².